The predicted octanol–water partition coefficient (Wildman–Crippen LogP) is 3.21. The Labute approximate surface area is 187 Å². The van der Waals surface area contributed by atoms with Gasteiger partial charge in [0.2, 0.25) is 5.75 Å². The topological polar surface area (TPSA) is 107 Å². The first-order chi connectivity index (χ1) is 15.5. The van der Waals surface area contributed by atoms with Crippen LogP contribution in [0.4, 0.5) is 5.69 Å². The summed E-state index contributed by atoms with van der Waals surface area (Å²) in [5.41, 5.74) is 0.649. The Morgan fingerprint density at radius 2 is 1.66 bits per heavy atom. The fourth-order valence-corrected chi connectivity index (χ4v) is 2.99. The van der Waals surface area contributed by atoms with Crippen molar-refractivity contribution in [2.24, 2.45) is 0 Å². The summed E-state index contributed by atoms with van der Waals surface area (Å²) in [7, 11) is 4.27. The van der Waals surface area contributed by atoms with Gasteiger partial charge >= 0.3 is 5.97 Å². The lowest BCUT2D eigenvalue weighted by Gasteiger charge is -2.22. The smallest absolute Gasteiger partial charge is 0.342 e. The van der Waals surface area contributed by atoms with E-state index in [1.54, 1.807) is 30.3 Å². The summed E-state index contributed by atoms with van der Waals surface area (Å²) in [6, 6.07) is 11.9. The lowest BCUT2D eigenvalue weighted by Crippen LogP contribution is -2.35. The molecule has 0 aliphatic rings. The number of hydrogen-bond donors (Lipinski definition) is 0. The van der Waals surface area contributed by atoms with Gasteiger partial charge < -0.3 is 28.6 Å². The highest BCUT2D eigenvalue weighted by Gasteiger charge is 2.24. The molecule has 0 aromatic heterocycles. The van der Waals surface area contributed by atoms with Gasteiger partial charge in [-0.1, -0.05) is 0 Å². The van der Waals surface area contributed by atoms with Crippen LogP contribution in [0.15, 0.2) is 36.4 Å². The second-order valence-electron chi connectivity index (χ2n) is 6.34. The molecule has 9 heteroatoms. The molecule has 0 saturated carbocycles. The SMILES string of the molecule is CCOc1ccc(N(CCC#N)C(=O)COC(=O)c2ccc(OC)c(OC)c2OC)cc1. The molecule has 0 N–H and O–H groups in total. The molecule has 32 heavy (non-hydrogen) atoms. The van der Waals surface area contributed by atoms with Crippen molar-refractivity contribution in [1.82, 2.24) is 0 Å². The zero-order valence-electron chi connectivity index (χ0n) is 18.5. The van der Waals surface area contributed by atoms with E-state index in [0.717, 1.165) is 0 Å². The van der Waals surface area contributed by atoms with E-state index in [-0.39, 0.29) is 30.0 Å². The molecule has 9 nitrogen and oxygen atoms in total. The first-order valence-corrected chi connectivity index (χ1v) is 9.86. The van der Waals surface area contributed by atoms with Gasteiger partial charge in [0.05, 0.1) is 40.4 Å². The van der Waals surface area contributed by atoms with Crippen molar-refractivity contribution in [2.45, 2.75) is 13.3 Å². The summed E-state index contributed by atoms with van der Waals surface area (Å²) in [6.45, 7) is 2.03. The first kappa shape index (κ1) is 24.3. The third-order valence-electron chi connectivity index (χ3n) is 4.46. The number of methoxy groups -OCH3 is 3. The van der Waals surface area contributed by atoms with Crippen LogP contribution >= 0.6 is 0 Å². The monoisotopic (exact) mass is 442 g/mol. The van der Waals surface area contributed by atoms with Crippen molar-refractivity contribution in [3.63, 3.8) is 0 Å². The van der Waals surface area contributed by atoms with Crippen LogP contribution in [0.3, 0.4) is 0 Å². The van der Waals surface area contributed by atoms with Crippen molar-refractivity contribution in [3.8, 4) is 29.1 Å². The Bertz CT molecular complexity index is 968. The minimum absolute atomic E-state index is 0.0857. The van der Waals surface area contributed by atoms with Gasteiger partial charge in [-0.15, -0.1) is 0 Å². The van der Waals surface area contributed by atoms with Crippen LogP contribution in [-0.2, 0) is 9.53 Å². The number of ether oxygens (including phenoxy) is 5. The number of benzene rings is 2. The van der Waals surface area contributed by atoms with Crippen molar-refractivity contribution >= 4 is 17.6 Å². The number of esters is 1. The van der Waals surface area contributed by atoms with E-state index in [4.69, 9.17) is 28.9 Å². The predicted molar refractivity (Wildman–Crippen MR) is 117 cm³/mol. The molecule has 0 fully saturated rings. The van der Waals surface area contributed by atoms with Gasteiger partial charge in [-0.25, -0.2) is 4.79 Å². The van der Waals surface area contributed by atoms with Gasteiger partial charge in [0.1, 0.15) is 11.3 Å². The van der Waals surface area contributed by atoms with Crippen LogP contribution in [0.25, 0.3) is 0 Å². The molecule has 1 amide bonds. The molecule has 2 aromatic rings. The number of carbonyl (C=O) groups is 2. The standard InChI is InChI=1S/C23H26N2O7/c1-5-31-17-9-7-16(8-10-17)25(14-6-13-24)20(26)15-32-23(27)18-11-12-19(28-2)22(30-4)21(18)29-3/h7-12H,5-6,14-15H2,1-4H3. The summed E-state index contributed by atoms with van der Waals surface area (Å²) < 4.78 is 26.4. The van der Waals surface area contributed by atoms with Crippen LogP contribution in [0.5, 0.6) is 23.0 Å². The van der Waals surface area contributed by atoms with Crippen LogP contribution in [-0.4, -0.2) is 53.0 Å². The maximum Gasteiger partial charge on any atom is 0.342 e. The molecule has 170 valence electrons. The molecule has 0 atom stereocenters. The minimum atomic E-state index is -0.761. The largest absolute Gasteiger partial charge is 0.494 e. The van der Waals surface area contributed by atoms with Gasteiger partial charge in [-0.2, -0.15) is 5.26 Å². The zero-order chi connectivity index (χ0) is 23.5. The van der Waals surface area contributed by atoms with E-state index < -0.39 is 18.5 Å². The summed E-state index contributed by atoms with van der Waals surface area (Å²) in [5, 5.41) is 8.95. The van der Waals surface area contributed by atoms with E-state index in [2.05, 4.69) is 0 Å². The summed E-state index contributed by atoms with van der Waals surface area (Å²) in [5.74, 6) is 0.185. The third kappa shape index (κ3) is 5.82. The lowest BCUT2D eigenvalue weighted by atomic mass is 10.1. The lowest BCUT2D eigenvalue weighted by molar-refractivity contribution is -0.121. The van der Waals surface area contributed by atoms with Crippen LogP contribution < -0.4 is 23.8 Å². The molecule has 0 heterocycles. The second kappa shape index (κ2) is 12.1. The van der Waals surface area contributed by atoms with Crippen molar-refractivity contribution < 1.29 is 33.3 Å². The molecule has 0 unspecified atom stereocenters. The van der Waals surface area contributed by atoms with Gasteiger partial charge in [0, 0.05) is 12.2 Å². The average Bonchev–Trinajstić information content (AvgIpc) is 2.82. The van der Waals surface area contributed by atoms with Gasteiger partial charge in [0.15, 0.2) is 18.1 Å². The highest BCUT2D eigenvalue weighted by Crippen LogP contribution is 2.40. The molecular formula is C23H26N2O7. The molecule has 2 rings (SSSR count). The Hall–Kier alpha value is -3.93. The summed E-state index contributed by atoms with van der Waals surface area (Å²) >= 11 is 0. The molecule has 0 radical (unpaired) electrons. The van der Waals surface area contributed by atoms with E-state index in [1.165, 1.54) is 32.3 Å². The van der Waals surface area contributed by atoms with Crippen molar-refractivity contribution in [3.05, 3.63) is 42.0 Å². The Kier molecular flexibility index (Phi) is 9.17. The molecule has 0 bridgehead atoms. The Balaban J connectivity index is 2.17. The molecule has 0 spiro atoms. The van der Waals surface area contributed by atoms with Crippen LogP contribution in [0, 0.1) is 11.3 Å². The fourth-order valence-electron chi connectivity index (χ4n) is 2.99. The molecule has 0 aliphatic carbocycles. The number of hydrogen-bond acceptors (Lipinski definition) is 8. The van der Waals surface area contributed by atoms with Crippen molar-refractivity contribution in [2.75, 3.05) is 46.0 Å². The first-order valence-electron chi connectivity index (χ1n) is 9.86. The fraction of sp³-hybridized carbons (Fsp3) is 0.348. The number of amides is 1. The van der Waals surface area contributed by atoms with Crippen LogP contribution in [0.1, 0.15) is 23.7 Å². The highest BCUT2D eigenvalue weighted by atomic mass is 16.5. The number of nitrogens with zero attached hydrogens (tertiary/aromatic N) is 2. The van der Waals surface area contributed by atoms with Gasteiger partial charge in [-0.3, -0.25) is 4.79 Å². The molecule has 2 aromatic carbocycles. The highest BCUT2D eigenvalue weighted by molar-refractivity contribution is 5.98. The summed E-state index contributed by atoms with van der Waals surface area (Å²) in [6.07, 6.45) is 0.121. The van der Waals surface area contributed by atoms with E-state index in [9.17, 15) is 9.59 Å². The van der Waals surface area contributed by atoms with Gasteiger partial charge in [0.25, 0.3) is 5.91 Å². The minimum Gasteiger partial charge on any atom is -0.494 e. The maximum absolute atomic E-state index is 12.8. The summed E-state index contributed by atoms with van der Waals surface area (Å²) in [4.78, 5) is 26.8. The number of nitriles is 1. The normalized spacial score (nSPS) is 9.97. The average molecular weight is 442 g/mol. The molecule has 0 aliphatic heterocycles. The zero-order valence-corrected chi connectivity index (χ0v) is 18.5. The van der Waals surface area contributed by atoms with Crippen LogP contribution in [0.2, 0.25) is 0 Å². The molecule has 0 saturated heterocycles. The molecular weight excluding hydrogens is 416 g/mol. The second-order valence-corrected chi connectivity index (χ2v) is 6.34. The third-order valence-corrected chi connectivity index (χ3v) is 4.46. The quantitative estimate of drug-likeness (QED) is 0.488. The Morgan fingerprint density at radius 1 is 0.969 bits per heavy atom. The maximum atomic E-state index is 12.8. The van der Waals surface area contributed by atoms with Crippen molar-refractivity contribution in [1.29, 1.82) is 5.26 Å². The van der Waals surface area contributed by atoms with E-state index in [1.807, 2.05) is 13.0 Å². The number of anilines is 1. The van der Waals surface area contributed by atoms with E-state index in [0.29, 0.717) is 23.8 Å². The Morgan fingerprint density at radius 3 is 2.22 bits per heavy atom. The van der Waals surface area contributed by atoms with E-state index >= 15 is 0 Å². The number of carbonyl (C=O) groups excluding carboxylic acids is 2. The number of rotatable bonds is 11. The van der Waals surface area contributed by atoms with Gasteiger partial charge in [-0.05, 0) is 43.3 Å².